The Morgan fingerprint density at radius 2 is 1.83 bits per heavy atom. The van der Waals surface area contributed by atoms with E-state index in [0.29, 0.717) is 5.92 Å². The van der Waals surface area contributed by atoms with E-state index in [1.165, 1.54) is 0 Å². The van der Waals surface area contributed by atoms with E-state index in [2.05, 4.69) is 0 Å². The number of amides is 1. The van der Waals surface area contributed by atoms with Gasteiger partial charge in [0.25, 0.3) is 0 Å². The smallest absolute Gasteiger partial charge is 0.404 e. The molecule has 0 unspecified atom stereocenters. The summed E-state index contributed by atoms with van der Waals surface area (Å²) in [5.41, 5.74) is 5.01. The van der Waals surface area contributed by atoms with Crippen LogP contribution >= 0.6 is 0 Å². The lowest BCUT2D eigenvalue weighted by Crippen LogP contribution is -2.28. The van der Waals surface area contributed by atoms with Crippen LogP contribution in [-0.2, 0) is 4.74 Å². The molecule has 1 aromatic carbocycles. The van der Waals surface area contributed by atoms with Crippen LogP contribution in [0.1, 0.15) is 25.7 Å². The Morgan fingerprint density at radius 1 is 1.17 bits per heavy atom. The highest BCUT2D eigenvalue weighted by Crippen LogP contribution is 2.26. The van der Waals surface area contributed by atoms with Gasteiger partial charge in [-0.05, 0) is 43.7 Å². The fourth-order valence-electron chi connectivity index (χ4n) is 2.31. The van der Waals surface area contributed by atoms with Crippen LogP contribution in [0.25, 0.3) is 0 Å². The molecule has 1 fully saturated rings. The monoisotopic (exact) mass is 249 g/mol. The normalized spacial score (nSPS) is 23.3. The maximum atomic E-state index is 10.6. The Morgan fingerprint density at radius 3 is 2.44 bits per heavy atom. The van der Waals surface area contributed by atoms with Crippen LogP contribution in [0, 0.1) is 5.92 Å². The molecule has 4 nitrogen and oxygen atoms in total. The highest BCUT2D eigenvalue weighted by molar-refractivity contribution is 5.64. The zero-order valence-electron chi connectivity index (χ0n) is 10.4. The van der Waals surface area contributed by atoms with Gasteiger partial charge in [-0.2, -0.15) is 0 Å². The maximum absolute atomic E-state index is 10.6. The maximum Gasteiger partial charge on any atom is 0.404 e. The Balaban J connectivity index is 1.69. The lowest BCUT2D eigenvalue weighted by atomic mass is 9.88. The van der Waals surface area contributed by atoms with Crippen LogP contribution in [-0.4, -0.2) is 18.8 Å². The van der Waals surface area contributed by atoms with Gasteiger partial charge in [0.1, 0.15) is 11.9 Å². The fourth-order valence-corrected chi connectivity index (χ4v) is 2.31. The molecule has 1 aliphatic rings. The van der Waals surface area contributed by atoms with Crippen LogP contribution in [0.4, 0.5) is 4.79 Å². The number of carbonyl (C=O) groups excluding carboxylic acids is 1. The summed E-state index contributed by atoms with van der Waals surface area (Å²) in [6.07, 6.45) is 3.13. The van der Waals surface area contributed by atoms with E-state index in [-0.39, 0.29) is 6.10 Å². The molecule has 0 bridgehead atoms. The third kappa shape index (κ3) is 3.95. The number of rotatable bonds is 4. The minimum Gasteiger partial charge on any atom is -0.493 e. The molecule has 0 aromatic heterocycles. The molecule has 2 rings (SSSR count). The Labute approximate surface area is 107 Å². The van der Waals surface area contributed by atoms with E-state index in [0.717, 1.165) is 38.0 Å². The first-order valence-corrected chi connectivity index (χ1v) is 6.38. The quantitative estimate of drug-likeness (QED) is 0.892. The number of carbonyl (C=O) groups is 1. The molecule has 1 aromatic rings. The third-order valence-electron chi connectivity index (χ3n) is 3.31. The molecule has 0 spiro atoms. The number of ether oxygens (including phenoxy) is 2. The standard InChI is InChI=1S/C14H19NO3/c15-14(16)18-13-8-6-11(7-9-13)10-17-12-4-2-1-3-5-12/h1-5,11,13H,6-10H2,(H2,15,16). The van der Waals surface area contributed by atoms with E-state index in [9.17, 15) is 4.79 Å². The first-order valence-electron chi connectivity index (χ1n) is 6.38. The van der Waals surface area contributed by atoms with E-state index in [4.69, 9.17) is 15.2 Å². The van der Waals surface area contributed by atoms with Crippen LogP contribution in [0.2, 0.25) is 0 Å². The molecule has 98 valence electrons. The van der Waals surface area contributed by atoms with Crippen molar-refractivity contribution in [3.05, 3.63) is 30.3 Å². The summed E-state index contributed by atoms with van der Waals surface area (Å²) in [4.78, 5) is 10.6. The molecule has 0 atom stereocenters. The van der Waals surface area contributed by atoms with Gasteiger partial charge in [-0.15, -0.1) is 0 Å². The molecule has 1 saturated carbocycles. The van der Waals surface area contributed by atoms with Crippen molar-refractivity contribution >= 4 is 6.09 Å². The van der Waals surface area contributed by atoms with Crippen molar-refractivity contribution in [2.75, 3.05) is 6.61 Å². The van der Waals surface area contributed by atoms with Crippen molar-refractivity contribution in [2.24, 2.45) is 11.7 Å². The topological polar surface area (TPSA) is 61.6 Å². The summed E-state index contributed by atoms with van der Waals surface area (Å²) >= 11 is 0. The highest BCUT2D eigenvalue weighted by Gasteiger charge is 2.23. The van der Waals surface area contributed by atoms with E-state index in [1.54, 1.807) is 0 Å². The average Bonchev–Trinajstić information content (AvgIpc) is 2.38. The second-order valence-electron chi connectivity index (χ2n) is 4.70. The molecule has 0 heterocycles. The first-order chi connectivity index (χ1) is 8.74. The van der Waals surface area contributed by atoms with Gasteiger partial charge in [0.15, 0.2) is 0 Å². The van der Waals surface area contributed by atoms with Crippen LogP contribution < -0.4 is 10.5 Å². The van der Waals surface area contributed by atoms with Crippen molar-refractivity contribution in [1.82, 2.24) is 0 Å². The van der Waals surface area contributed by atoms with Gasteiger partial charge in [-0.25, -0.2) is 4.79 Å². The molecule has 0 saturated heterocycles. The van der Waals surface area contributed by atoms with E-state index >= 15 is 0 Å². The van der Waals surface area contributed by atoms with Gasteiger partial charge in [-0.3, -0.25) is 0 Å². The van der Waals surface area contributed by atoms with Crippen LogP contribution in [0.5, 0.6) is 5.75 Å². The molecule has 1 aliphatic carbocycles. The van der Waals surface area contributed by atoms with Crippen LogP contribution in [0.3, 0.4) is 0 Å². The van der Waals surface area contributed by atoms with Crippen molar-refractivity contribution in [1.29, 1.82) is 0 Å². The number of hydrogen-bond acceptors (Lipinski definition) is 3. The van der Waals surface area contributed by atoms with Gasteiger partial charge in [0.2, 0.25) is 0 Å². The molecule has 0 aliphatic heterocycles. The Hall–Kier alpha value is -1.71. The highest BCUT2D eigenvalue weighted by atomic mass is 16.6. The summed E-state index contributed by atoms with van der Waals surface area (Å²) < 4.78 is 10.7. The summed E-state index contributed by atoms with van der Waals surface area (Å²) in [5.74, 6) is 1.45. The Bertz CT molecular complexity index is 372. The number of hydrogen-bond donors (Lipinski definition) is 1. The summed E-state index contributed by atoms with van der Waals surface area (Å²) in [6, 6.07) is 9.82. The number of nitrogens with two attached hydrogens (primary N) is 1. The predicted molar refractivity (Wildman–Crippen MR) is 68.4 cm³/mol. The largest absolute Gasteiger partial charge is 0.493 e. The Kier molecular flexibility index (Phi) is 4.45. The van der Waals surface area contributed by atoms with Gasteiger partial charge in [0.05, 0.1) is 6.61 Å². The lowest BCUT2D eigenvalue weighted by Gasteiger charge is -2.27. The number of para-hydroxylation sites is 1. The third-order valence-corrected chi connectivity index (χ3v) is 3.31. The molecular weight excluding hydrogens is 230 g/mol. The van der Waals surface area contributed by atoms with Crippen molar-refractivity contribution in [3.63, 3.8) is 0 Å². The fraction of sp³-hybridized carbons (Fsp3) is 0.500. The van der Waals surface area contributed by atoms with E-state index < -0.39 is 6.09 Å². The summed E-state index contributed by atoms with van der Waals surface area (Å²) in [6.45, 7) is 0.729. The zero-order valence-corrected chi connectivity index (χ0v) is 10.4. The molecule has 0 radical (unpaired) electrons. The lowest BCUT2D eigenvalue weighted by molar-refractivity contribution is 0.0627. The van der Waals surface area contributed by atoms with Crippen molar-refractivity contribution in [2.45, 2.75) is 31.8 Å². The summed E-state index contributed by atoms with van der Waals surface area (Å²) in [5, 5.41) is 0. The average molecular weight is 249 g/mol. The van der Waals surface area contributed by atoms with Gasteiger partial charge in [0, 0.05) is 0 Å². The predicted octanol–water partition coefficient (Wildman–Crippen LogP) is 2.72. The van der Waals surface area contributed by atoms with E-state index in [1.807, 2.05) is 30.3 Å². The molecule has 1 amide bonds. The second-order valence-corrected chi connectivity index (χ2v) is 4.70. The van der Waals surface area contributed by atoms with Crippen molar-refractivity contribution in [3.8, 4) is 5.75 Å². The molecule has 2 N–H and O–H groups in total. The SMILES string of the molecule is NC(=O)OC1CCC(COc2ccccc2)CC1. The minimum atomic E-state index is -0.668. The minimum absolute atomic E-state index is 0.00419. The van der Waals surface area contributed by atoms with Gasteiger partial charge >= 0.3 is 6.09 Å². The zero-order chi connectivity index (χ0) is 12.8. The molecule has 18 heavy (non-hydrogen) atoms. The first kappa shape index (κ1) is 12.7. The van der Waals surface area contributed by atoms with Gasteiger partial charge < -0.3 is 15.2 Å². The molecular formula is C14H19NO3. The second kappa shape index (κ2) is 6.28. The summed E-state index contributed by atoms with van der Waals surface area (Å²) in [7, 11) is 0. The number of benzene rings is 1. The number of primary amides is 1. The van der Waals surface area contributed by atoms with Crippen LogP contribution in [0.15, 0.2) is 30.3 Å². The van der Waals surface area contributed by atoms with Crippen molar-refractivity contribution < 1.29 is 14.3 Å². The van der Waals surface area contributed by atoms with Gasteiger partial charge in [-0.1, -0.05) is 18.2 Å². The molecule has 4 heteroatoms.